The van der Waals surface area contributed by atoms with E-state index in [4.69, 9.17) is 6.57 Å². The van der Waals surface area contributed by atoms with Crippen molar-refractivity contribution in [3.63, 3.8) is 0 Å². The Labute approximate surface area is 41.8 Å². The molecule has 0 aliphatic heterocycles. The molecule has 0 aromatic carbocycles. The van der Waals surface area contributed by atoms with Crippen LogP contribution in [0.3, 0.4) is 0 Å². The molecule has 33 valence electrons. The van der Waals surface area contributed by atoms with Gasteiger partial charge in [0.05, 0.1) is 0 Å². The summed E-state index contributed by atoms with van der Waals surface area (Å²) in [6.07, 6.45) is 0. The summed E-state index contributed by atoms with van der Waals surface area (Å²) in [7, 11) is 1.42. The molecule has 0 spiro atoms. The molecule has 0 rings (SSSR count). The van der Waals surface area contributed by atoms with Crippen LogP contribution in [0.1, 0.15) is 13.8 Å². The van der Waals surface area contributed by atoms with Crippen LogP contribution in [-0.2, 0) is 0 Å². The Balaban J connectivity index is -0.0000000275. The molecule has 0 amide bonds. The molecular weight excluding hydrogens is 72.9 g/mol. The molecule has 6 heavy (non-hydrogen) atoms. The van der Waals surface area contributed by atoms with Crippen LogP contribution in [-0.4, -0.2) is 15.5 Å². The highest BCUT2D eigenvalue weighted by Gasteiger charge is 1.08. The minimum absolute atomic E-state index is 0. The lowest BCUT2D eigenvalue weighted by atomic mass is 10.8. The Morgan fingerprint density at radius 2 is 1.33 bits per heavy atom. The quantitative estimate of drug-likeness (QED) is 0.305. The molecule has 0 aromatic rings. The average Bonchev–Trinajstić information content (AvgIpc) is 1.46. The van der Waals surface area contributed by atoms with E-state index in [9.17, 15) is 0 Å². The van der Waals surface area contributed by atoms with Crippen molar-refractivity contribution in [1.82, 2.24) is 0 Å². The highest BCUT2D eigenvalue weighted by Crippen LogP contribution is 1.26. The third-order valence-corrected chi connectivity index (χ3v) is 0. The number of rotatable bonds is 0. The molecule has 0 heterocycles. The van der Waals surface area contributed by atoms with Crippen LogP contribution in [0.4, 0.5) is 0 Å². The highest BCUT2D eigenvalue weighted by atomic mass is 14.5. The monoisotopic (exact) mass is 82.1 g/mol. The van der Waals surface area contributed by atoms with Gasteiger partial charge in [-0.25, -0.2) is 6.57 Å². The van der Waals surface area contributed by atoms with Crippen molar-refractivity contribution in [2.75, 3.05) is 7.05 Å². The first-order valence-corrected chi connectivity index (χ1v) is 1.67. The van der Waals surface area contributed by atoms with Gasteiger partial charge in [-0.15, -0.1) is 0 Å². The van der Waals surface area contributed by atoms with Crippen molar-refractivity contribution in [2.24, 2.45) is 0 Å². The van der Waals surface area contributed by atoms with Gasteiger partial charge in [0.15, 0.2) is 0 Å². The van der Waals surface area contributed by atoms with Crippen LogP contribution in [0.5, 0.6) is 0 Å². The summed E-state index contributed by atoms with van der Waals surface area (Å²) in [5, 5.41) is 0. The zero-order valence-electron chi connectivity index (χ0n) is 4.52. The van der Waals surface area contributed by atoms with Gasteiger partial charge in [-0.1, -0.05) is 13.8 Å². The zero-order valence-corrected chi connectivity index (χ0v) is 4.52. The SMILES string of the molecule is CC.[B].[C-]#[N+]C. The molecule has 0 N–H and O–H groups in total. The van der Waals surface area contributed by atoms with E-state index in [2.05, 4.69) is 4.85 Å². The molecule has 0 fully saturated rings. The van der Waals surface area contributed by atoms with E-state index in [0.29, 0.717) is 0 Å². The molecule has 0 unspecified atom stereocenters. The van der Waals surface area contributed by atoms with Gasteiger partial charge in [-0.05, 0) is 0 Å². The van der Waals surface area contributed by atoms with Crippen molar-refractivity contribution < 1.29 is 0 Å². The van der Waals surface area contributed by atoms with E-state index in [-0.39, 0.29) is 8.41 Å². The zero-order chi connectivity index (χ0) is 4.71. The molecule has 3 radical (unpaired) electrons. The Morgan fingerprint density at radius 3 is 1.33 bits per heavy atom. The van der Waals surface area contributed by atoms with Gasteiger partial charge in [0, 0.05) is 8.41 Å². The van der Waals surface area contributed by atoms with Crippen molar-refractivity contribution in [1.29, 1.82) is 0 Å². The summed E-state index contributed by atoms with van der Waals surface area (Å²) in [6.45, 7) is 9.83. The van der Waals surface area contributed by atoms with Gasteiger partial charge in [0.1, 0.15) is 0 Å². The molecule has 0 bridgehead atoms. The van der Waals surface area contributed by atoms with Crippen LogP contribution in [0.2, 0.25) is 0 Å². The normalized spacial score (nSPS) is 2.33. The fourth-order valence-electron chi connectivity index (χ4n) is 0. The van der Waals surface area contributed by atoms with Crippen LogP contribution in [0.15, 0.2) is 0 Å². The van der Waals surface area contributed by atoms with Crippen LogP contribution >= 0.6 is 0 Å². The van der Waals surface area contributed by atoms with Crippen molar-refractivity contribution in [2.45, 2.75) is 13.8 Å². The predicted octanol–water partition coefficient (Wildman–Crippen LogP) is 1.18. The van der Waals surface area contributed by atoms with Crippen LogP contribution < -0.4 is 0 Å². The fraction of sp³-hybridized carbons (Fsp3) is 0.750. The third-order valence-electron chi connectivity index (χ3n) is 0. The molecule has 0 aliphatic rings. The maximum Gasteiger partial charge on any atom is 0.205 e. The molecule has 2 heteroatoms. The van der Waals surface area contributed by atoms with Gasteiger partial charge in [0.25, 0.3) is 0 Å². The van der Waals surface area contributed by atoms with Crippen molar-refractivity contribution >= 4 is 8.41 Å². The van der Waals surface area contributed by atoms with Crippen molar-refractivity contribution in [3.8, 4) is 0 Å². The topological polar surface area (TPSA) is 4.36 Å². The van der Waals surface area contributed by atoms with Crippen LogP contribution in [0, 0.1) is 6.57 Å². The Hall–Kier alpha value is -0.445. The second kappa shape index (κ2) is 187. The van der Waals surface area contributed by atoms with Crippen molar-refractivity contribution in [3.05, 3.63) is 11.4 Å². The summed E-state index contributed by atoms with van der Waals surface area (Å²) >= 11 is 0. The smallest absolute Gasteiger partial charge is 0.205 e. The van der Waals surface area contributed by atoms with E-state index >= 15 is 0 Å². The maximum absolute atomic E-state index is 5.83. The van der Waals surface area contributed by atoms with Gasteiger partial charge in [-0.3, -0.25) is 0 Å². The highest BCUT2D eigenvalue weighted by molar-refractivity contribution is 5.75. The summed E-state index contributed by atoms with van der Waals surface area (Å²) in [5.74, 6) is 0. The molecule has 0 aromatic heterocycles. The second-order valence-electron chi connectivity index (χ2n) is 0.224. The molecule has 0 saturated heterocycles. The predicted molar refractivity (Wildman–Crippen MR) is 29.6 cm³/mol. The first kappa shape index (κ1) is 17.7. The van der Waals surface area contributed by atoms with E-state index < -0.39 is 0 Å². The number of hydrogen-bond acceptors (Lipinski definition) is 0. The lowest BCUT2D eigenvalue weighted by Crippen LogP contribution is -1.10. The van der Waals surface area contributed by atoms with Gasteiger partial charge >= 0.3 is 0 Å². The van der Waals surface area contributed by atoms with E-state index in [1.54, 1.807) is 0 Å². The Bertz CT molecular complexity index is 29.0. The van der Waals surface area contributed by atoms with E-state index in [1.165, 1.54) is 7.05 Å². The molecule has 0 atom stereocenters. The first-order chi connectivity index (χ1) is 2.41. The number of nitrogens with zero attached hydrogens (tertiary/aromatic N) is 1. The fourth-order valence-corrected chi connectivity index (χ4v) is 0. The maximum atomic E-state index is 5.83. The lowest BCUT2D eigenvalue weighted by molar-refractivity contribution is 1.50. The van der Waals surface area contributed by atoms with E-state index in [1.807, 2.05) is 13.8 Å². The minimum atomic E-state index is 0. The molecule has 1 nitrogen and oxygen atoms in total. The Morgan fingerprint density at radius 1 is 1.33 bits per heavy atom. The number of hydrogen-bond donors (Lipinski definition) is 0. The summed E-state index contributed by atoms with van der Waals surface area (Å²) in [4.78, 5) is 2.75. The standard InChI is InChI=1S/C2H3N.C2H6.B/c1-3-2;1-2;/h1H3;1-2H3;. The molecular formula is C4H9BN. The summed E-state index contributed by atoms with van der Waals surface area (Å²) < 4.78 is 0. The summed E-state index contributed by atoms with van der Waals surface area (Å²) in [6, 6.07) is 0. The van der Waals surface area contributed by atoms with Gasteiger partial charge < -0.3 is 4.85 Å². The summed E-state index contributed by atoms with van der Waals surface area (Å²) in [5.41, 5.74) is 0. The van der Waals surface area contributed by atoms with Crippen LogP contribution in [0.25, 0.3) is 4.85 Å². The third kappa shape index (κ3) is 117. The molecule has 0 aliphatic carbocycles. The first-order valence-electron chi connectivity index (χ1n) is 1.67. The minimum Gasteiger partial charge on any atom is -0.320 e. The van der Waals surface area contributed by atoms with E-state index in [0.717, 1.165) is 0 Å². The second-order valence-corrected chi connectivity index (χ2v) is 0.224. The lowest BCUT2D eigenvalue weighted by Gasteiger charge is -1.30. The average molecular weight is 81.9 g/mol. The van der Waals surface area contributed by atoms with Gasteiger partial charge in [-0.2, -0.15) is 0 Å². The van der Waals surface area contributed by atoms with Gasteiger partial charge in [0.2, 0.25) is 7.05 Å². The largest absolute Gasteiger partial charge is 0.320 e. The molecule has 0 saturated carbocycles. The Kier molecular flexibility index (Phi) is 550.